The standard InChI is InChI=1S/C54H35N3O2/c1-2-3-5-15-34-26-28-36(29-27-34)53-55-52(35-16-6-4-7-17-35)56-54(57-53)43-33-30-39(37-18-8-9-19-38(37)43)41-31-32-42(51-50(41)45-21-11-13-24-47(45)59-51)40-22-14-25-48-49(40)44-20-10-12-23-46(44)58-48/h2-33H,1H3/b3-2-,15-5-. The van der Waals surface area contributed by atoms with E-state index in [4.69, 9.17) is 23.8 Å². The number of furan rings is 2. The summed E-state index contributed by atoms with van der Waals surface area (Å²) in [6.45, 7) is 2.01. The smallest absolute Gasteiger partial charge is 0.164 e. The SMILES string of the molecule is C/C=C\C=C/c1ccc(-c2nc(-c3ccccc3)nc(-c3ccc(-c4ccc(-c5cccc6oc7ccccc7c56)c5oc6ccccc6c45)c4ccccc34)n2)cc1. The Morgan fingerprint density at radius 1 is 0.373 bits per heavy atom. The number of benzene rings is 8. The lowest BCUT2D eigenvalue weighted by Crippen LogP contribution is -2.00. The number of allylic oxidation sites excluding steroid dienone is 3. The minimum atomic E-state index is 0.614. The molecule has 0 fully saturated rings. The van der Waals surface area contributed by atoms with Gasteiger partial charge in [0.05, 0.1) is 0 Å². The van der Waals surface area contributed by atoms with Crippen LogP contribution in [0, 0.1) is 0 Å². The summed E-state index contributed by atoms with van der Waals surface area (Å²) in [4.78, 5) is 15.3. The Kier molecular flexibility index (Phi) is 8.30. The van der Waals surface area contributed by atoms with Crippen LogP contribution < -0.4 is 0 Å². The Morgan fingerprint density at radius 3 is 1.66 bits per heavy atom. The Bertz CT molecular complexity index is 3450. The molecule has 5 nitrogen and oxygen atoms in total. The lowest BCUT2D eigenvalue weighted by molar-refractivity contribution is 0.668. The first kappa shape index (κ1) is 34.4. The van der Waals surface area contributed by atoms with Gasteiger partial charge in [-0.2, -0.15) is 0 Å². The maximum atomic E-state index is 6.82. The Balaban J connectivity index is 1.10. The molecule has 0 bridgehead atoms. The van der Waals surface area contributed by atoms with Gasteiger partial charge in [-0.15, -0.1) is 0 Å². The van der Waals surface area contributed by atoms with Crippen LogP contribution in [0.25, 0.3) is 117 Å². The topological polar surface area (TPSA) is 65.0 Å². The van der Waals surface area contributed by atoms with Gasteiger partial charge < -0.3 is 8.83 Å². The molecule has 0 atom stereocenters. The number of nitrogens with zero attached hydrogens (tertiary/aromatic N) is 3. The largest absolute Gasteiger partial charge is 0.456 e. The monoisotopic (exact) mass is 757 g/mol. The van der Waals surface area contributed by atoms with Gasteiger partial charge in [-0.05, 0) is 70.3 Å². The lowest BCUT2D eigenvalue weighted by atomic mass is 9.89. The van der Waals surface area contributed by atoms with Crippen molar-refractivity contribution in [1.29, 1.82) is 0 Å². The van der Waals surface area contributed by atoms with E-state index < -0.39 is 0 Å². The molecule has 3 aromatic heterocycles. The molecule has 3 heterocycles. The van der Waals surface area contributed by atoms with Gasteiger partial charge in [0.2, 0.25) is 0 Å². The van der Waals surface area contributed by atoms with Crippen LogP contribution in [0.15, 0.2) is 197 Å². The molecule has 278 valence electrons. The summed E-state index contributed by atoms with van der Waals surface area (Å²) in [6.07, 6.45) is 8.16. The highest BCUT2D eigenvalue weighted by Crippen LogP contribution is 2.46. The van der Waals surface area contributed by atoms with E-state index >= 15 is 0 Å². The van der Waals surface area contributed by atoms with Crippen molar-refractivity contribution in [3.05, 3.63) is 194 Å². The summed E-state index contributed by atoms with van der Waals surface area (Å²) in [5.74, 6) is 1.86. The van der Waals surface area contributed by atoms with E-state index in [9.17, 15) is 0 Å². The maximum absolute atomic E-state index is 6.82. The predicted octanol–water partition coefficient (Wildman–Crippen LogP) is 14.7. The third-order valence-corrected chi connectivity index (χ3v) is 11.1. The van der Waals surface area contributed by atoms with E-state index in [1.165, 1.54) is 0 Å². The highest BCUT2D eigenvalue weighted by Gasteiger charge is 2.22. The molecule has 11 rings (SSSR count). The molecule has 0 unspecified atom stereocenters. The first-order valence-electron chi connectivity index (χ1n) is 19.8. The zero-order valence-electron chi connectivity index (χ0n) is 32.1. The molecular formula is C54H35N3O2. The Morgan fingerprint density at radius 2 is 0.915 bits per heavy atom. The van der Waals surface area contributed by atoms with Crippen molar-refractivity contribution in [3.63, 3.8) is 0 Å². The van der Waals surface area contributed by atoms with Gasteiger partial charge in [-0.1, -0.05) is 164 Å². The van der Waals surface area contributed by atoms with Gasteiger partial charge in [-0.25, -0.2) is 15.0 Å². The fraction of sp³-hybridized carbons (Fsp3) is 0.0185. The minimum absolute atomic E-state index is 0.614. The summed E-state index contributed by atoms with van der Waals surface area (Å²) in [6, 6.07) is 58.6. The van der Waals surface area contributed by atoms with Crippen molar-refractivity contribution >= 4 is 60.7 Å². The van der Waals surface area contributed by atoms with E-state index in [1.807, 2.05) is 79.7 Å². The molecule has 0 saturated carbocycles. The molecule has 8 aromatic carbocycles. The molecule has 0 amide bonds. The normalized spacial score (nSPS) is 12.0. The van der Waals surface area contributed by atoms with Crippen molar-refractivity contribution in [2.75, 3.05) is 0 Å². The molecule has 11 aromatic rings. The second-order valence-corrected chi connectivity index (χ2v) is 14.6. The van der Waals surface area contributed by atoms with Crippen LogP contribution in [-0.4, -0.2) is 15.0 Å². The lowest BCUT2D eigenvalue weighted by Gasteiger charge is -2.15. The van der Waals surface area contributed by atoms with Crippen LogP contribution in [0.1, 0.15) is 12.5 Å². The van der Waals surface area contributed by atoms with E-state index in [0.29, 0.717) is 17.5 Å². The predicted molar refractivity (Wildman–Crippen MR) is 243 cm³/mol. The van der Waals surface area contributed by atoms with E-state index in [1.54, 1.807) is 0 Å². The zero-order chi connectivity index (χ0) is 39.3. The van der Waals surface area contributed by atoms with Crippen molar-refractivity contribution in [1.82, 2.24) is 15.0 Å². The average Bonchev–Trinajstić information content (AvgIpc) is 3.88. The first-order chi connectivity index (χ1) is 29.2. The summed E-state index contributed by atoms with van der Waals surface area (Å²) < 4.78 is 13.1. The quantitative estimate of drug-likeness (QED) is 0.151. The third-order valence-electron chi connectivity index (χ3n) is 11.1. The molecule has 0 aliphatic heterocycles. The first-order valence-corrected chi connectivity index (χ1v) is 19.8. The van der Waals surface area contributed by atoms with Crippen LogP contribution in [0.3, 0.4) is 0 Å². The fourth-order valence-electron chi connectivity index (χ4n) is 8.36. The van der Waals surface area contributed by atoms with Crippen molar-refractivity contribution in [3.8, 4) is 56.4 Å². The summed E-state index contributed by atoms with van der Waals surface area (Å²) >= 11 is 0. The summed E-state index contributed by atoms with van der Waals surface area (Å²) in [7, 11) is 0. The van der Waals surface area contributed by atoms with Crippen LogP contribution >= 0.6 is 0 Å². The molecule has 0 aliphatic carbocycles. The summed E-state index contributed by atoms with van der Waals surface area (Å²) in [5, 5.41) is 6.43. The van der Waals surface area contributed by atoms with Crippen molar-refractivity contribution in [2.24, 2.45) is 0 Å². The number of rotatable bonds is 7. The summed E-state index contributed by atoms with van der Waals surface area (Å²) in [5.41, 5.74) is 11.6. The fourth-order valence-corrected chi connectivity index (χ4v) is 8.36. The molecule has 0 N–H and O–H groups in total. The highest BCUT2D eigenvalue weighted by atomic mass is 16.3. The van der Waals surface area contributed by atoms with Gasteiger partial charge in [0, 0.05) is 43.8 Å². The van der Waals surface area contributed by atoms with Gasteiger partial charge >= 0.3 is 0 Å². The molecule has 0 saturated heterocycles. The number of fused-ring (bicyclic) bond motifs is 7. The second kappa shape index (κ2) is 14.2. The second-order valence-electron chi connectivity index (χ2n) is 14.6. The molecular weight excluding hydrogens is 723 g/mol. The Labute approximate surface area is 340 Å². The van der Waals surface area contributed by atoms with Gasteiger partial charge in [0.15, 0.2) is 17.5 Å². The maximum Gasteiger partial charge on any atom is 0.164 e. The number of aromatic nitrogens is 3. The number of para-hydroxylation sites is 2. The molecule has 0 aliphatic rings. The van der Waals surface area contributed by atoms with E-state index in [-0.39, 0.29) is 0 Å². The van der Waals surface area contributed by atoms with E-state index in [2.05, 4.69) is 121 Å². The minimum Gasteiger partial charge on any atom is -0.456 e. The molecule has 0 radical (unpaired) electrons. The molecule has 59 heavy (non-hydrogen) atoms. The average molecular weight is 758 g/mol. The Hall–Kier alpha value is -7.89. The van der Waals surface area contributed by atoms with Crippen molar-refractivity contribution < 1.29 is 8.83 Å². The molecule has 5 heteroatoms. The zero-order valence-corrected chi connectivity index (χ0v) is 32.1. The molecule has 0 spiro atoms. The number of hydrogen-bond acceptors (Lipinski definition) is 5. The highest BCUT2D eigenvalue weighted by molar-refractivity contribution is 6.22. The van der Waals surface area contributed by atoms with E-state index in [0.717, 1.165) is 99.2 Å². The third kappa shape index (κ3) is 5.91. The van der Waals surface area contributed by atoms with Crippen LogP contribution in [0.2, 0.25) is 0 Å². The van der Waals surface area contributed by atoms with Crippen LogP contribution in [0.4, 0.5) is 0 Å². The number of hydrogen-bond donors (Lipinski definition) is 0. The van der Waals surface area contributed by atoms with Gasteiger partial charge in [-0.3, -0.25) is 0 Å². The van der Waals surface area contributed by atoms with Gasteiger partial charge in [0.25, 0.3) is 0 Å². The van der Waals surface area contributed by atoms with Crippen LogP contribution in [-0.2, 0) is 0 Å². The van der Waals surface area contributed by atoms with Crippen LogP contribution in [0.5, 0.6) is 0 Å². The van der Waals surface area contributed by atoms with Gasteiger partial charge in [0.1, 0.15) is 22.3 Å². The van der Waals surface area contributed by atoms with Crippen molar-refractivity contribution in [2.45, 2.75) is 6.92 Å².